The van der Waals surface area contributed by atoms with Crippen molar-refractivity contribution in [1.82, 2.24) is 9.88 Å². The molecule has 1 fully saturated rings. The first-order chi connectivity index (χ1) is 12.1. The Kier molecular flexibility index (Phi) is 5.53. The third-order valence-corrected chi connectivity index (χ3v) is 5.03. The molecule has 1 aliphatic carbocycles. The van der Waals surface area contributed by atoms with E-state index in [-0.39, 0.29) is 12.1 Å². The molecule has 1 aliphatic rings. The number of carbonyl (C=O) groups excluding carboxylic acids is 1. The summed E-state index contributed by atoms with van der Waals surface area (Å²) in [4.78, 5) is 19.2. The predicted octanol–water partition coefficient (Wildman–Crippen LogP) is 4.09. The van der Waals surface area contributed by atoms with E-state index in [2.05, 4.69) is 17.2 Å². The molecule has 25 heavy (non-hydrogen) atoms. The lowest BCUT2D eigenvalue weighted by Crippen LogP contribution is -2.50. The van der Waals surface area contributed by atoms with Gasteiger partial charge in [0, 0.05) is 18.1 Å². The van der Waals surface area contributed by atoms with Crippen molar-refractivity contribution in [3.05, 3.63) is 36.0 Å². The fraction of sp³-hybridized carbons (Fsp3) is 0.500. The molecule has 3 rings (SSSR count). The fourth-order valence-corrected chi connectivity index (χ4v) is 3.72. The van der Waals surface area contributed by atoms with Crippen LogP contribution in [0, 0.1) is 6.92 Å². The minimum absolute atomic E-state index is 0.0939. The van der Waals surface area contributed by atoms with Crippen molar-refractivity contribution in [1.29, 1.82) is 0 Å². The highest BCUT2D eigenvalue weighted by Crippen LogP contribution is 2.27. The van der Waals surface area contributed by atoms with Gasteiger partial charge in [-0.15, -0.1) is 0 Å². The zero-order valence-corrected chi connectivity index (χ0v) is 15.0. The molecule has 0 unspecified atom stereocenters. The molecule has 134 valence electrons. The number of rotatable bonds is 4. The lowest BCUT2D eigenvalue weighted by molar-refractivity contribution is 0.0397. The molecule has 0 bridgehead atoms. The SMILES string of the molecule is CCCN(C(=O)Nc1ccc(C)c2ncccc12)[C@@H]1CCCC[C@H]1O. The molecule has 2 N–H and O–H groups in total. The van der Waals surface area contributed by atoms with E-state index in [1.165, 1.54) is 0 Å². The standard InChI is InChI=1S/C20H27N3O2/c1-3-13-23(17-8-4-5-9-18(17)24)20(25)22-16-11-10-14(2)19-15(16)7-6-12-21-19/h6-7,10-12,17-18,24H,3-5,8-9,13H2,1-2H3,(H,22,25)/t17-,18-/m1/s1. The van der Waals surface area contributed by atoms with Crippen LogP contribution in [0.5, 0.6) is 0 Å². The number of carbonyl (C=O) groups is 1. The summed E-state index contributed by atoms with van der Waals surface area (Å²) in [5, 5.41) is 14.3. The van der Waals surface area contributed by atoms with Gasteiger partial charge < -0.3 is 15.3 Å². The number of aliphatic hydroxyl groups excluding tert-OH is 1. The number of hydrogen-bond donors (Lipinski definition) is 2. The van der Waals surface area contributed by atoms with Gasteiger partial charge in [0.1, 0.15) is 0 Å². The number of fused-ring (bicyclic) bond motifs is 1. The van der Waals surface area contributed by atoms with Gasteiger partial charge in [0.2, 0.25) is 0 Å². The van der Waals surface area contributed by atoms with Gasteiger partial charge in [0.25, 0.3) is 0 Å². The van der Waals surface area contributed by atoms with Crippen LogP contribution in [-0.2, 0) is 0 Å². The average molecular weight is 341 g/mol. The molecule has 5 heteroatoms. The van der Waals surface area contributed by atoms with E-state index in [9.17, 15) is 9.90 Å². The Bertz CT molecular complexity index is 747. The third-order valence-electron chi connectivity index (χ3n) is 5.03. The van der Waals surface area contributed by atoms with E-state index in [0.717, 1.165) is 54.3 Å². The maximum Gasteiger partial charge on any atom is 0.322 e. The van der Waals surface area contributed by atoms with Gasteiger partial charge in [-0.3, -0.25) is 4.98 Å². The number of aliphatic hydroxyl groups is 1. The van der Waals surface area contributed by atoms with Crippen LogP contribution in [0.3, 0.4) is 0 Å². The zero-order valence-electron chi connectivity index (χ0n) is 15.0. The molecule has 1 saturated carbocycles. The van der Waals surface area contributed by atoms with Crippen LogP contribution in [-0.4, -0.2) is 39.7 Å². The van der Waals surface area contributed by atoms with E-state index >= 15 is 0 Å². The minimum Gasteiger partial charge on any atom is -0.391 e. The number of hydrogen-bond acceptors (Lipinski definition) is 3. The van der Waals surface area contributed by atoms with Crippen molar-refractivity contribution in [2.24, 2.45) is 0 Å². The number of nitrogens with zero attached hydrogens (tertiary/aromatic N) is 2. The molecule has 1 heterocycles. The summed E-state index contributed by atoms with van der Waals surface area (Å²) in [6.45, 7) is 4.72. The van der Waals surface area contributed by atoms with E-state index in [0.29, 0.717) is 6.54 Å². The highest BCUT2D eigenvalue weighted by atomic mass is 16.3. The molecule has 5 nitrogen and oxygen atoms in total. The van der Waals surface area contributed by atoms with Gasteiger partial charge >= 0.3 is 6.03 Å². The average Bonchev–Trinajstić information content (AvgIpc) is 2.63. The first kappa shape index (κ1) is 17.7. The highest BCUT2D eigenvalue weighted by Gasteiger charge is 2.31. The number of amides is 2. The van der Waals surface area contributed by atoms with E-state index < -0.39 is 6.10 Å². The van der Waals surface area contributed by atoms with Gasteiger partial charge in [0.05, 0.1) is 23.3 Å². The molecule has 0 spiro atoms. The maximum absolute atomic E-state index is 13.0. The predicted molar refractivity (Wildman–Crippen MR) is 101 cm³/mol. The quantitative estimate of drug-likeness (QED) is 0.880. The molecular formula is C20H27N3O2. The van der Waals surface area contributed by atoms with Gasteiger partial charge in [-0.2, -0.15) is 0 Å². The maximum atomic E-state index is 13.0. The largest absolute Gasteiger partial charge is 0.391 e. The Labute approximate surface area is 149 Å². The summed E-state index contributed by atoms with van der Waals surface area (Å²) < 4.78 is 0. The summed E-state index contributed by atoms with van der Waals surface area (Å²) in [6.07, 6.45) is 5.94. The Morgan fingerprint density at radius 3 is 2.88 bits per heavy atom. The summed E-state index contributed by atoms with van der Waals surface area (Å²) in [6, 6.07) is 7.53. The molecule has 0 radical (unpaired) electrons. The Hall–Kier alpha value is -2.14. The van der Waals surface area contributed by atoms with Crippen molar-refractivity contribution >= 4 is 22.6 Å². The molecular weight excluding hydrogens is 314 g/mol. The molecule has 1 aromatic heterocycles. The second kappa shape index (κ2) is 7.83. The van der Waals surface area contributed by atoms with Gasteiger partial charge in [-0.25, -0.2) is 4.79 Å². The van der Waals surface area contributed by atoms with Crippen molar-refractivity contribution in [2.45, 2.75) is 58.1 Å². The van der Waals surface area contributed by atoms with Crippen LogP contribution in [0.4, 0.5) is 10.5 Å². The summed E-state index contributed by atoms with van der Waals surface area (Å²) in [7, 11) is 0. The van der Waals surface area contributed by atoms with Crippen LogP contribution < -0.4 is 5.32 Å². The van der Waals surface area contributed by atoms with Crippen molar-refractivity contribution in [2.75, 3.05) is 11.9 Å². The van der Waals surface area contributed by atoms with E-state index in [1.54, 1.807) is 6.20 Å². The van der Waals surface area contributed by atoms with Crippen LogP contribution in [0.2, 0.25) is 0 Å². The molecule has 2 aromatic rings. The number of aromatic nitrogens is 1. The van der Waals surface area contributed by atoms with Crippen LogP contribution >= 0.6 is 0 Å². The van der Waals surface area contributed by atoms with Crippen LogP contribution in [0.15, 0.2) is 30.5 Å². The van der Waals surface area contributed by atoms with Gasteiger partial charge in [-0.05, 0) is 49.9 Å². The third kappa shape index (κ3) is 3.76. The van der Waals surface area contributed by atoms with Crippen molar-refractivity contribution in [3.8, 4) is 0 Å². The number of urea groups is 1. The smallest absolute Gasteiger partial charge is 0.322 e. The van der Waals surface area contributed by atoms with Crippen molar-refractivity contribution < 1.29 is 9.90 Å². The second-order valence-corrected chi connectivity index (χ2v) is 6.87. The second-order valence-electron chi connectivity index (χ2n) is 6.87. The molecule has 0 saturated heterocycles. The van der Waals surface area contributed by atoms with Gasteiger partial charge in [-0.1, -0.05) is 25.8 Å². The number of anilines is 1. The van der Waals surface area contributed by atoms with E-state index in [4.69, 9.17) is 0 Å². The van der Waals surface area contributed by atoms with Crippen LogP contribution in [0.1, 0.15) is 44.6 Å². The van der Waals surface area contributed by atoms with Gasteiger partial charge in [0.15, 0.2) is 0 Å². The Balaban J connectivity index is 1.85. The Morgan fingerprint density at radius 2 is 2.12 bits per heavy atom. The lowest BCUT2D eigenvalue weighted by Gasteiger charge is -2.37. The number of benzene rings is 1. The number of aryl methyl sites for hydroxylation is 1. The number of pyridine rings is 1. The first-order valence-corrected chi connectivity index (χ1v) is 9.22. The molecule has 2 amide bonds. The molecule has 2 atom stereocenters. The minimum atomic E-state index is -0.428. The monoisotopic (exact) mass is 341 g/mol. The number of nitrogens with one attached hydrogen (secondary N) is 1. The highest BCUT2D eigenvalue weighted by molar-refractivity contribution is 6.01. The Morgan fingerprint density at radius 1 is 1.32 bits per heavy atom. The fourth-order valence-electron chi connectivity index (χ4n) is 3.72. The summed E-state index contributed by atoms with van der Waals surface area (Å²) in [5.74, 6) is 0. The zero-order chi connectivity index (χ0) is 17.8. The molecule has 1 aromatic carbocycles. The summed E-state index contributed by atoms with van der Waals surface area (Å²) in [5.41, 5.74) is 2.76. The lowest BCUT2D eigenvalue weighted by atomic mass is 9.91. The topological polar surface area (TPSA) is 65.5 Å². The summed E-state index contributed by atoms with van der Waals surface area (Å²) >= 11 is 0. The van der Waals surface area contributed by atoms with Crippen LogP contribution in [0.25, 0.3) is 10.9 Å². The van der Waals surface area contributed by atoms with Crippen molar-refractivity contribution in [3.63, 3.8) is 0 Å². The normalized spacial score (nSPS) is 20.4. The molecule has 0 aliphatic heterocycles. The first-order valence-electron chi connectivity index (χ1n) is 9.22. The van der Waals surface area contributed by atoms with E-state index in [1.807, 2.05) is 36.1 Å².